The molecule has 4 N–H and O–H groups in total. The Morgan fingerprint density at radius 2 is 1.88 bits per heavy atom. The summed E-state index contributed by atoms with van der Waals surface area (Å²) < 4.78 is 5.06. The number of ether oxygens (including phenoxy) is 1. The van der Waals surface area contributed by atoms with Crippen molar-refractivity contribution in [3.63, 3.8) is 0 Å². The Balaban J connectivity index is 3.02. The molecule has 2 unspecified atom stereocenters. The molecule has 0 aromatic heterocycles. The van der Waals surface area contributed by atoms with Crippen LogP contribution in [0.2, 0.25) is 10.0 Å². The third-order valence-corrected chi connectivity index (χ3v) is 3.20. The number of benzene rings is 1. The molecular formula is C11H16Cl2N2O. The summed E-state index contributed by atoms with van der Waals surface area (Å²) in [5, 5.41) is 0.830. The zero-order chi connectivity index (χ0) is 12.3. The van der Waals surface area contributed by atoms with Crippen molar-refractivity contribution in [2.24, 2.45) is 11.5 Å². The average Bonchev–Trinajstić information content (AvgIpc) is 2.20. The highest BCUT2D eigenvalue weighted by Crippen LogP contribution is 2.37. The SMILES string of the molecule is COc1ccc(C(N)CC(C)N)c(Cl)c1Cl. The maximum absolute atomic E-state index is 6.12. The average molecular weight is 263 g/mol. The second-order valence-electron chi connectivity index (χ2n) is 3.80. The number of hydrogen-bond donors (Lipinski definition) is 2. The summed E-state index contributed by atoms with van der Waals surface area (Å²) in [6, 6.07) is 3.38. The van der Waals surface area contributed by atoms with Crippen molar-refractivity contribution < 1.29 is 4.74 Å². The molecule has 0 aliphatic heterocycles. The topological polar surface area (TPSA) is 61.3 Å². The highest BCUT2D eigenvalue weighted by Gasteiger charge is 2.16. The van der Waals surface area contributed by atoms with Gasteiger partial charge >= 0.3 is 0 Å². The van der Waals surface area contributed by atoms with Crippen LogP contribution >= 0.6 is 23.2 Å². The molecule has 0 amide bonds. The van der Waals surface area contributed by atoms with E-state index in [0.717, 1.165) is 5.56 Å². The van der Waals surface area contributed by atoms with Crippen LogP contribution in [0.25, 0.3) is 0 Å². The Kier molecular flexibility index (Phi) is 4.87. The van der Waals surface area contributed by atoms with Crippen LogP contribution in [-0.4, -0.2) is 13.2 Å². The molecule has 90 valence electrons. The fourth-order valence-corrected chi connectivity index (χ4v) is 2.06. The molecule has 0 saturated heterocycles. The molecule has 5 heteroatoms. The number of rotatable bonds is 4. The normalized spacial score (nSPS) is 14.6. The van der Waals surface area contributed by atoms with E-state index in [4.69, 9.17) is 39.4 Å². The summed E-state index contributed by atoms with van der Waals surface area (Å²) in [5.74, 6) is 0.545. The molecule has 3 nitrogen and oxygen atoms in total. The molecule has 2 atom stereocenters. The van der Waals surface area contributed by atoms with Crippen LogP contribution in [0, 0.1) is 0 Å². The van der Waals surface area contributed by atoms with Gasteiger partial charge < -0.3 is 16.2 Å². The molecule has 0 bridgehead atoms. The first-order valence-corrected chi connectivity index (χ1v) is 5.76. The van der Waals surface area contributed by atoms with Gasteiger partial charge in [-0.15, -0.1) is 0 Å². The molecule has 1 aromatic rings. The lowest BCUT2D eigenvalue weighted by atomic mass is 10.0. The van der Waals surface area contributed by atoms with Crippen molar-refractivity contribution in [3.8, 4) is 5.75 Å². The smallest absolute Gasteiger partial charge is 0.139 e. The Hall–Kier alpha value is -0.480. The Morgan fingerprint density at radius 1 is 1.25 bits per heavy atom. The van der Waals surface area contributed by atoms with E-state index in [9.17, 15) is 0 Å². The molecule has 0 aliphatic rings. The molecule has 0 saturated carbocycles. The molecule has 1 aromatic carbocycles. The lowest BCUT2D eigenvalue weighted by Crippen LogP contribution is -2.23. The fourth-order valence-electron chi connectivity index (χ4n) is 1.52. The van der Waals surface area contributed by atoms with Crippen LogP contribution < -0.4 is 16.2 Å². The van der Waals surface area contributed by atoms with Crippen LogP contribution in [0.1, 0.15) is 24.9 Å². The van der Waals surface area contributed by atoms with Crippen LogP contribution in [0.15, 0.2) is 12.1 Å². The Labute approximate surface area is 106 Å². The monoisotopic (exact) mass is 262 g/mol. The van der Waals surface area contributed by atoms with Gasteiger partial charge in [-0.1, -0.05) is 29.3 Å². The standard InChI is InChI=1S/C11H16Cl2N2O/c1-6(14)5-8(15)7-3-4-9(16-2)11(13)10(7)12/h3-4,6,8H,5,14-15H2,1-2H3. The molecule has 0 aliphatic carbocycles. The quantitative estimate of drug-likeness (QED) is 0.878. The van der Waals surface area contributed by atoms with Crippen molar-refractivity contribution in [1.82, 2.24) is 0 Å². The highest BCUT2D eigenvalue weighted by molar-refractivity contribution is 6.43. The first-order valence-electron chi connectivity index (χ1n) is 5.00. The van der Waals surface area contributed by atoms with Gasteiger partial charge in [0.25, 0.3) is 0 Å². The van der Waals surface area contributed by atoms with Crippen LogP contribution in [-0.2, 0) is 0 Å². The second-order valence-corrected chi connectivity index (χ2v) is 4.56. The maximum atomic E-state index is 6.12. The van der Waals surface area contributed by atoms with Crippen LogP contribution in [0.3, 0.4) is 0 Å². The van der Waals surface area contributed by atoms with Gasteiger partial charge in [-0.05, 0) is 25.0 Å². The van der Waals surface area contributed by atoms with E-state index in [1.165, 1.54) is 0 Å². The maximum Gasteiger partial charge on any atom is 0.139 e. The Morgan fingerprint density at radius 3 is 2.38 bits per heavy atom. The van der Waals surface area contributed by atoms with Gasteiger partial charge in [-0.2, -0.15) is 0 Å². The van der Waals surface area contributed by atoms with Crippen LogP contribution in [0.4, 0.5) is 0 Å². The summed E-state index contributed by atoms with van der Waals surface area (Å²) in [5.41, 5.74) is 12.5. The van der Waals surface area contributed by atoms with Crippen molar-refractivity contribution >= 4 is 23.2 Å². The number of methoxy groups -OCH3 is 1. The zero-order valence-electron chi connectivity index (χ0n) is 9.34. The largest absolute Gasteiger partial charge is 0.495 e. The minimum absolute atomic E-state index is 0.0203. The zero-order valence-corrected chi connectivity index (χ0v) is 10.8. The van der Waals surface area contributed by atoms with Gasteiger partial charge in [0.05, 0.1) is 12.1 Å². The van der Waals surface area contributed by atoms with E-state index in [1.807, 2.05) is 13.0 Å². The van der Waals surface area contributed by atoms with E-state index in [-0.39, 0.29) is 12.1 Å². The van der Waals surface area contributed by atoms with Crippen LogP contribution in [0.5, 0.6) is 5.75 Å². The van der Waals surface area contributed by atoms with Gasteiger partial charge in [0.2, 0.25) is 0 Å². The fraction of sp³-hybridized carbons (Fsp3) is 0.455. The van der Waals surface area contributed by atoms with Gasteiger partial charge in [-0.3, -0.25) is 0 Å². The lowest BCUT2D eigenvalue weighted by Gasteiger charge is -2.17. The van der Waals surface area contributed by atoms with Gasteiger partial charge in [0.1, 0.15) is 10.8 Å². The molecule has 0 heterocycles. The number of halogens is 2. The van der Waals surface area contributed by atoms with E-state index >= 15 is 0 Å². The third kappa shape index (κ3) is 3.01. The Bertz CT molecular complexity index is 369. The van der Waals surface area contributed by atoms with E-state index in [0.29, 0.717) is 22.2 Å². The molecular weight excluding hydrogens is 247 g/mol. The number of hydrogen-bond acceptors (Lipinski definition) is 3. The predicted molar refractivity (Wildman–Crippen MR) is 68.2 cm³/mol. The predicted octanol–water partition coefficient (Wildman–Crippen LogP) is 2.74. The summed E-state index contributed by atoms with van der Waals surface area (Å²) >= 11 is 12.2. The van der Waals surface area contributed by atoms with E-state index in [1.54, 1.807) is 13.2 Å². The summed E-state index contributed by atoms with van der Waals surface area (Å²) in [4.78, 5) is 0. The van der Waals surface area contributed by atoms with Crippen molar-refractivity contribution in [3.05, 3.63) is 27.7 Å². The first kappa shape index (κ1) is 13.6. The summed E-state index contributed by atoms with van der Waals surface area (Å²) in [6.45, 7) is 1.90. The van der Waals surface area contributed by atoms with Crippen molar-refractivity contribution in [1.29, 1.82) is 0 Å². The highest BCUT2D eigenvalue weighted by atomic mass is 35.5. The van der Waals surface area contributed by atoms with Gasteiger partial charge in [-0.25, -0.2) is 0 Å². The molecule has 16 heavy (non-hydrogen) atoms. The minimum Gasteiger partial charge on any atom is -0.495 e. The molecule has 1 rings (SSSR count). The van der Waals surface area contributed by atoms with E-state index in [2.05, 4.69) is 0 Å². The van der Waals surface area contributed by atoms with Gasteiger partial charge in [0.15, 0.2) is 0 Å². The first-order chi connectivity index (χ1) is 7.47. The molecule has 0 spiro atoms. The third-order valence-electron chi connectivity index (χ3n) is 2.32. The lowest BCUT2D eigenvalue weighted by molar-refractivity contribution is 0.414. The second kappa shape index (κ2) is 5.73. The summed E-state index contributed by atoms with van der Waals surface area (Å²) in [7, 11) is 1.54. The van der Waals surface area contributed by atoms with Gasteiger partial charge in [0, 0.05) is 12.1 Å². The van der Waals surface area contributed by atoms with Crippen molar-refractivity contribution in [2.75, 3.05) is 7.11 Å². The van der Waals surface area contributed by atoms with E-state index < -0.39 is 0 Å². The molecule has 0 radical (unpaired) electrons. The minimum atomic E-state index is -0.212. The van der Waals surface area contributed by atoms with Crippen molar-refractivity contribution in [2.45, 2.75) is 25.4 Å². The number of nitrogens with two attached hydrogens (primary N) is 2. The summed E-state index contributed by atoms with van der Waals surface area (Å²) in [6.07, 6.45) is 0.655. The molecule has 0 fully saturated rings.